The third kappa shape index (κ3) is 4.62. The van der Waals surface area contributed by atoms with Gasteiger partial charge in [0.05, 0.1) is 5.56 Å². The molecular formula is C14H20N2O3. The number of hydrogen-bond donors (Lipinski definition) is 2. The second kappa shape index (κ2) is 6.78. The molecule has 1 aromatic rings. The van der Waals surface area contributed by atoms with Crippen LogP contribution in [0.3, 0.4) is 0 Å². The Labute approximate surface area is 113 Å². The van der Waals surface area contributed by atoms with Crippen LogP contribution in [0.1, 0.15) is 36.2 Å². The first-order valence-electron chi connectivity index (χ1n) is 6.26. The van der Waals surface area contributed by atoms with Crippen molar-refractivity contribution in [3.05, 3.63) is 29.3 Å². The number of aryl methyl sites for hydroxylation is 1. The van der Waals surface area contributed by atoms with Crippen LogP contribution in [0, 0.1) is 6.92 Å². The van der Waals surface area contributed by atoms with Gasteiger partial charge < -0.3 is 15.8 Å². The Morgan fingerprint density at radius 2 is 2.11 bits per heavy atom. The van der Waals surface area contributed by atoms with Crippen LogP contribution in [-0.2, 0) is 9.53 Å². The van der Waals surface area contributed by atoms with Gasteiger partial charge >= 0.3 is 5.97 Å². The van der Waals surface area contributed by atoms with E-state index in [1.54, 1.807) is 25.1 Å². The van der Waals surface area contributed by atoms with E-state index in [0.29, 0.717) is 11.3 Å². The molecule has 1 atom stereocenters. The van der Waals surface area contributed by atoms with E-state index in [1.165, 1.54) is 0 Å². The lowest BCUT2D eigenvalue weighted by Crippen LogP contribution is -2.35. The number of carbonyl (C=O) groups excluding carboxylic acids is 2. The Bertz CT molecular complexity index is 472. The quantitative estimate of drug-likeness (QED) is 0.626. The molecule has 0 aliphatic heterocycles. The minimum absolute atomic E-state index is 0.0736. The van der Waals surface area contributed by atoms with E-state index in [1.807, 2.05) is 13.8 Å². The molecule has 1 unspecified atom stereocenters. The molecule has 0 saturated carbocycles. The van der Waals surface area contributed by atoms with Gasteiger partial charge in [-0.25, -0.2) is 4.79 Å². The molecule has 0 aliphatic rings. The summed E-state index contributed by atoms with van der Waals surface area (Å²) in [6.07, 6.45) is 0.830. The van der Waals surface area contributed by atoms with E-state index < -0.39 is 5.97 Å². The van der Waals surface area contributed by atoms with Gasteiger partial charge in [0.1, 0.15) is 0 Å². The summed E-state index contributed by atoms with van der Waals surface area (Å²) >= 11 is 0. The number of ether oxygens (including phenoxy) is 1. The zero-order chi connectivity index (χ0) is 14.4. The van der Waals surface area contributed by atoms with Gasteiger partial charge in [-0.1, -0.05) is 6.92 Å². The topological polar surface area (TPSA) is 81.4 Å². The van der Waals surface area contributed by atoms with Gasteiger partial charge in [-0.3, -0.25) is 4.79 Å². The molecule has 5 heteroatoms. The van der Waals surface area contributed by atoms with Crippen LogP contribution in [0.4, 0.5) is 5.69 Å². The summed E-state index contributed by atoms with van der Waals surface area (Å²) in [4.78, 5) is 23.3. The number of benzene rings is 1. The predicted octanol–water partition coefficient (Wildman–Crippen LogP) is 1.65. The van der Waals surface area contributed by atoms with Crippen LogP contribution in [0.15, 0.2) is 18.2 Å². The highest BCUT2D eigenvalue weighted by Gasteiger charge is 2.13. The lowest BCUT2D eigenvalue weighted by Gasteiger charge is -2.12. The van der Waals surface area contributed by atoms with Gasteiger partial charge in [-0.2, -0.15) is 0 Å². The van der Waals surface area contributed by atoms with Crippen molar-refractivity contribution in [1.29, 1.82) is 0 Å². The van der Waals surface area contributed by atoms with E-state index in [0.717, 1.165) is 12.0 Å². The summed E-state index contributed by atoms with van der Waals surface area (Å²) in [6, 6.07) is 4.99. The molecule has 0 heterocycles. The SMILES string of the molecule is CCC(C)NC(=O)COC(=O)c1ccc(N)cc1C. The predicted molar refractivity (Wildman–Crippen MR) is 73.8 cm³/mol. The van der Waals surface area contributed by atoms with Crippen LogP contribution >= 0.6 is 0 Å². The first-order valence-corrected chi connectivity index (χ1v) is 6.26. The fourth-order valence-electron chi connectivity index (χ4n) is 1.54. The number of nitrogens with one attached hydrogen (secondary N) is 1. The van der Waals surface area contributed by atoms with Crippen LogP contribution < -0.4 is 11.1 Å². The van der Waals surface area contributed by atoms with Crippen molar-refractivity contribution in [3.8, 4) is 0 Å². The van der Waals surface area contributed by atoms with Gasteiger partial charge in [0.25, 0.3) is 5.91 Å². The van der Waals surface area contributed by atoms with Crippen molar-refractivity contribution < 1.29 is 14.3 Å². The fraction of sp³-hybridized carbons (Fsp3) is 0.429. The van der Waals surface area contributed by atoms with E-state index in [2.05, 4.69) is 5.32 Å². The first-order chi connectivity index (χ1) is 8.93. The van der Waals surface area contributed by atoms with Crippen molar-refractivity contribution in [3.63, 3.8) is 0 Å². The molecule has 1 rings (SSSR count). The van der Waals surface area contributed by atoms with E-state index in [9.17, 15) is 9.59 Å². The summed E-state index contributed by atoms with van der Waals surface area (Å²) in [7, 11) is 0. The molecule has 0 aromatic heterocycles. The molecule has 0 aliphatic carbocycles. The van der Waals surface area contributed by atoms with Crippen LogP contribution in [0.5, 0.6) is 0 Å². The van der Waals surface area contributed by atoms with Crippen LogP contribution in [0.2, 0.25) is 0 Å². The van der Waals surface area contributed by atoms with E-state index in [-0.39, 0.29) is 18.6 Å². The van der Waals surface area contributed by atoms with Crippen molar-refractivity contribution in [2.24, 2.45) is 0 Å². The van der Waals surface area contributed by atoms with Gasteiger partial charge in [0.15, 0.2) is 6.61 Å². The highest BCUT2D eigenvalue weighted by atomic mass is 16.5. The van der Waals surface area contributed by atoms with Gasteiger partial charge in [0.2, 0.25) is 0 Å². The molecule has 0 saturated heterocycles. The molecule has 0 bridgehead atoms. The monoisotopic (exact) mass is 264 g/mol. The minimum Gasteiger partial charge on any atom is -0.452 e. The molecule has 0 radical (unpaired) electrons. The van der Waals surface area contributed by atoms with Crippen LogP contribution in [0.25, 0.3) is 0 Å². The molecule has 1 amide bonds. The summed E-state index contributed by atoms with van der Waals surface area (Å²) < 4.78 is 4.96. The Kier molecular flexibility index (Phi) is 5.36. The second-order valence-corrected chi connectivity index (χ2v) is 4.53. The molecular weight excluding hydrogens is 244 g/mol. The molecule has 3 N–H and O–H groups in total. The largest absolute Gasteiger partial charge is 0.452 e. The first kappa shape index (κ1) is 15.0. The minimum atomic E-state index is -0.517. The normalized spacial score (nSPS) is 11.7. The number of nitrogen functional groups attached to an aromatic ring is 1. The summed E-state index contributed by atoms with van der Waals surface area (Å²) in [5.74, 6) is -0.812. The lowest BCUT2D eigenvalue weighted by atomic mass is 10.1. The van der Waals surface area contributed by atoms with E-state index in [4.69, 9.17) is 10.5 Å². The molecule has 0 spiro atoms. The summed E-state index contributed by atoms with van der Waals surface area (Å²) in [5.41, 5.74) is 7.34. The maximum absolute atomic E-state index is 11.8. The van der Waals surface area contributed by atoms with Gasteiger partial charge in [-0.05, 0) is 44.0 Å². The summed E-state index contributed by atoms with van der Waals surface area (Å²) in [6.45, 7) is 5.36. The van der Waals surface area contributed by atoms with Crippen molar-refractivity contribution in [2.45, 2.75) is 33.2 Å². The average Bonchev–Trinajstić information content (AvgIpc) is 2.35. The number of anilines is 1. The number of carbonyl (C=O) groups is 2. The van der Waals surface area contributed by atoms with Gasteiger partial charge in [0, 0.05) is 11.7 Å². The zero-order valence-corrected chi connectivity index (χ0v) is 11.5. The van der Waals surface area contributed by atoms with E-state index >= 15 is 0 Å². The smallest absolute Gasteiger partial charge is 0.338 e. The maximum atomic E-state index is 11.8. The Balaban J connectivity index is 2.54. The zero-order valence-electron chi connectivity index (χ0n) is 11.5. The number of esters is 1. The summed E-state index contributed by atoms with van der Waals surface area (Å²) in [5, 5.41) is 2.72. The second-order valence-electron chi connectivity index (χ2n) is 4.53. The number of nitrogens with two attached hydrogens (primary N) is 1. The number of amides is 1. The standard InChI is InChI=1S/C14H20N2O3/c1-4-10(3)16-13(17)8-19-14(18)12-6-5-11(15)7-9(12)2/h5-7,10H,4,8,15H2,1-3H3,(H,16,17). The molecule has 5 nitrogen and oxygen atoms in total. The van der Waals surface area contributed by atoms with Crippen LogP contribution in [-0.4, -0.2) is 24.5 Å². The fourth-order valence-corrected chi connectivity index (χ4v) is 1.54. The lowest BCUT2D eigenvalue weighted by molar-refractivity contribution is -0.124. The Morgan fingerprint density at radius 3 is 2.68 bits per heavy atom. The highest BCUT2D eigenvalue weighted by Crippen LogP contribution is 2.13. The number of rotatable bonds is 5. The number of hydrogen-bond acceptors (Lipinski definition) is 4. The average molecular weight is 264 g/mol. The third-order valence-corrected chi connectivity index (χ3v) is 2.82. The van der Waals surface area contributed by atoms with Crippen molar-refractivity contribution in [2.75, 3.05) is 12.3 Å². The molecule has 0 fully saturated rings. The Hall–Kier alpha value is -2.04. The highest BCUT2D eigenvalue weighted by molar-refractivity contribution is 5.93. The van der Waals surface area contributed by atoms with Crippen molar-refractivity contribution in [1.82, 2.24) is 5.32 Å². The molecule has 19 heavy (non-hydrogen) atoms. The molecule has 1 aromatic carbocycles. The Morgan fingerprint density at radius 1 is 1.42 bits per heavy atom. The molecule has 104 valence electrons. The maximum Gasteiger partial charge on any atom is 0.338 e. The third-order valence-electron chi connectivity index (χ3n) is 2.82. The van der Waals surface area contributed by atoms with Gasteiger partial charge in [-0.15, -0.1) is 0 Å². The van der Waals surface area contributed by atoms with Crippen molar-refractivity contribution >= 4 is 17.6 Å².